The van der Waals surface area contributed by atoms with E-state index in [0.717, 1.165) is 22.2 Å². The molecule has 0 atom stereocenters. The van der Waals surface area contributed by atoms with Gasteiger partial charge in [0.1, 0.15) is 0 Å². The number of hydrogen-bond donors (Lipinski definition) is 0. The van der Waals surface area contributed by atoms with Crippen LogP contribution in [0.5, 0.6) is 0 Å². The summed E-state index contributed by atoms with van der Waals surface area (Å²) in [5.41, 5.74) is 9.13. The van der Waals surface area contributed by atoms with Gasteiger partial charge >= 0.3 is 0 Å². The summed E-state index contributed by atoms with van der Waals surface area (Å²) in [5.74, 6) is 1.93. The molecule has 1 aliphatic carbocycles. The second kappa shape index (κ2) is 9.19. The Bertz CT molecular complexity index is 2350. The number of aromatic nitrogens is 4. The number of para-hydroxylation sites is 1. The largest absolute Gasteiger partial charge is 0.277 e. The maximum Gasteiger partial charge on any atom is 0.238 e. The second-order valence-corrected chi connectivity index (χ2v) is 12.1. The van der Waals surface area contributed by atoms with Gasteiger partial charge in [-0.15, -0.1) is 0 Å². The van der Waals surface area contributed by atoms with Gasteiger partial charge in [-0.1, -0.05) is 129 Å². The minimum atomic E-state index is -0.238. The summed E-state index contributed by atoms with van der Waals surface area (Å²) in [4.78, 5) is 15.3. The van der Waals surface area contributed by atoms with Gasteiger partial charge in [0.2, 0.25) is 5.95 Å². The van der Waals surface area contributed by atoms with Crippen LogP contribution in [0.4, 0.5) is 0 Å². The first-order chi connectivity index (χ1) is 21.6. The Morgan fingerprint density at radius 3 is 1.80 bits per heavy atom. The lowest BCUT2D eigenvalue weighted by Crippen LogP contribution is -2.17. The fourth-order valence-corrected chi connectivity index (χ4v) is 7.13. The molecule has 4 heteroatoms. The molecule has 4 nitrogen and oxygen atoms in total. The Morgan fingerprint density at radius 1 is 0.523 bits per heavy atom. The van der Waals surface area contributed by atoms with E-state index >= 15 is 0 Å². The summed E-state index contributed by atoms with van der Waals surface area (Å²) >= 11 is 0. The zero-order chi connectivity index (χ0) is 29.4. The lowest BCUT2D eigenvalue weighted by molar-refractivity contribution is 0.664. The molecule has 0 saturated carbocycles. The molecule has 0 aliphatic heterocycles. The summed E-state index contributed by atoms with van der Waals surface area (Å²) in [7, 11) is 0. The fourth-order valence-electron chi connectivity index (χ4n) is 7.13. The van der Waals surface area contributed by atoms with Crippen molar-refractivity contribution in [3.63, 3.8) is 0 Å². The summed E-state index contributed by atoms with van der Waals surface area (Å²) < 4.78 is 2.28. The van der Waals surface area contributed by atoms with E-state index < -0.39 is 0 Å². The van der Waals surface area contributed by atoms with Gasteiger partial charge in [-0.25, -0.2) is 4.98 Å². The molecular formula is C40H28N4. The van der Waals surface area contributed by atoms with E-state index in [0.29, 0.717) is 17.6 Å². The third kappa shape index (κ3) is 3.54. The minimum Gasteiger partial charge on any atom is -0.277 e. The van der Waals surface area contributed by atoms with E-state index in [1.165, 1.54) is 43.8 Å². The van der Waals surface area contributed by atoms with Crippen molar-refractivity contribution in [3.8, 4) is 39.9 Å². The maximum absolute atomic E-state index is 5.18. The van der Waals surface area contributed by atoms with Crippen LogP contribution in [0.25, 0.3) is 72.4 Å². The molecule has 8 aromatic rings. The van der Waals surface area contributed by atoms with E-state index in [9.17, 15) is 0 Å². The Hall–Kier alpha value is -5.61. The number of hydrogen-bond acceptors (Lipinski definition) is 3. The van der Waals surface area contributed by atoms with Crippen molar-refractivity contribution in [3.05, 3.63) is 145 Å². The van der Waals surface area contributed by atoms with Gasteiger partial charge in [-0.2, -0.15) is 9.97 Å². The van der Waals surface area contributed by atoms with Gasteiger partial charge in [0.25, 0.3) is 0 Å². The summed E-state index contributed by atoms with van der Waals surface area (Å²) in [5, 5.41) is 4.91. The molecule has 9 rings (SSSR count). The zero-order valence-corrected chi connectivity index (χ0v) is 24.5. The van der Waals surface area contributed by atoms with Crippen molar-refractivity contribution in [2.24, 2.45) is 0 Å². The third-order valence-corrected chi connectivity index (χ3v) is 9.20. The minimum absolute atomic E-state index is 0.238. The monoisotopic (exact) mass is 564 g/mol. The lowest BCUT2D eigenvalue weighted by Gasteiger charge is -2.23. The highest BCUT2D eigenvalue weighted by Crippen LogP contribution is 2.53. The van der Waals surface area contributed by atoms with Crippen LogP contribution in [0.2, 0.25) is 0 Å². The molecule has 0 fully saturated rings. The number of nitrogens with zero attached hydrogens (tertiary/aromatic N) is 4. The number of rotatable bonds is 3. The van der Waals surface area contributed by atoms with Crippen molar-refractivity contribution in [1.82, 2.24) is 19.5 Å². The van der Waals surface area contributed by atoms with Gasteiger partial charge in [0.15, 0.2) is 11.6 Å². The Balaban J connectivity index is 1.40. The van der Waals surface area contributed by atoms with Gasteiger partial charge in [0, 0.05) is 27.3 Å². The first-order valence-corrected chi connectivity index (χ1v) is 15.1. The van der Waals surface area contributed by atoms with Crippen LogP contribution >= 0.6 is 0 Å². The predicted molar refractivity (Wildman–Crippen MR) is 180 cm³/mol. The van der Waals surface area contributed by atoms with Gasteiger partial charge in [0.05, 0.1) is 11.0 Å². The first kappa shape index (κ1) is 24.9. The molecule has 2 heterocycles. The molecule has 0 bridgehead atoms. The SMILES string of the molecule is CC1(C)c2cc3ccccc3cc2-c2ccc3c4ccccc4n(-c4nc(-c5ccccc5)nc(-c5ccccc5)n4)c3c21. The molecule has 0 radical (unpaired) electrons. The molecule has 0 spiro atoms. The predicted octanol–water partition coefficient (Wildman–Crippen LogP) is 9.76. The standard InChI is InChI=1S/C40H28N4/c1-40(2)33-24-28-18-10-9-17-27(28)23-32(33)30-21-22-31-29-19-11-12-20-34(29)44(36(31)35(30)40)39-42-37(25-13-5-3-6-14-25)41-38(43-39)26-15-7-4-8-16-26/h3-24H,1-2H3. The molecule has 6 aromatic carbocycles. The molecule has 1 aliphatic rings. The molecule has 0 amide bonds. The fraction of sp³-hybridized carbons (Fsp3) is 0.0750. The van der Waals surface area contributed by atoms with E-state index in [1.807, 2.05) is 36.4 Å². The van der Waals surface area contributed by atoms with Crippen molar-refractivity contribution < 1.29 is 0 Å². The third-order valence-electron chi connectivity index (χ3n) is 9.20. The van der Waals surface area contributed by atoms with Crippen LogP contribution in [0.3, 0.4) is 0 Å². The van der Waals surface area contributed by atoms with E-state index in [1.54, 1.807) is 0 Å². The van der Waals surface area contributed by atoms with Crippen LogP contribution in [-0.2, 0) is 5.41 Å². The molecule has 0 saturated heterocycles. The van der Waals surface area contributed by atoms with Crippen molar-refractivity contribution in [2.75, 3.05) is 0 Å². The van der Waals surface area contributed by atoms with E-state index in [-0.39, 0.29) is 5.41 Å². The van der Waals surface area contributed by atoms with E-state index in [2.05, 4.69) is 115 Å². The Kier molecular flexibility index (Phi) is 5.21. The number of fused-ring (bicyclic) bond motifs is 8. The lowest BCUT2D eigenvalue weighted by atomic mass is 9.81. The Labute approximate surface area is 255 Å². The van der Waals surface area contributed by atoms with Crippen LogP contribution < -0.4 is 0 Å². The van der Waals surface area contributed by atoms with Crippen molar-refractivity contribution in [2.45, 2.75) is 19.3 Å². The highest BCUT2D eigenvalue weighted by molar-refractivity contribution is 6.13. The van der Waals surface area contributed by atoms with E-state index in [4.69, 9.17) is 15.0 Å². The first-order valence-electron chi connectivity index (χ1n) is 15.1. The van der Waals surface area contributed by atoms with Crippen LogP contribution in [0.1, 0.15) is 25.0 Å². The maximum atomic E-state index is 5.18. The average Bonchev–Trinajstić information content (AvgIpc) is 3.53. The zero-order valence-electron chi connectivity index (χ0n) is 24.5. The quantitative estimate of drug-likeness (QED) is 0.215. The van der Waals surface area contributed by atoms with Gasteiger partial charge in [-0.05, 0) is 51.2 Å². The van der Waals surface area contributed by atoms with Gasteiger partial charge in [-0.3, -0.25) is 4.57 Å². The highest BCUT2D eigenvalue weighted by Gasteiger charge is 2.39. The topological polar surface area (TPSA) is 43.6 Å². The summed E-state index contributed by atoms with van der Waals surface area (Å²) in [6.07, 6.45) is 0. The number of benzene rings is 6. The molecule has 0 N–H and O–H groups in total. The highest BCUT2D eigenvalue weighted by atomic mass is 15.2. The van der Waals surface area contributed by atoms with Crippen LogP contribution in [0, 0.1) is 0 Å². The summed E-state index contributed by atoms with van der Waals surface area (Å²) in [6.45, 7) is 4.71. The Morgan fingerprint density at radius 2 is 1.11 bits per heavy atom. The normalized spacial score (nSPS) is 13.4. The smallest absolute Gasteiger partial charge is 0.238 e. The summed E-state index contributed by atoms with van der Waals surface area (Å²) in [6, 6.07) is 47.0. The molecule has 208 valence electrons. The van der Waals surface area contributed by atoms with Crippen molar-refractivity contribution in [1.29, 1.82) is 0 Å². The molecule has 0 unspecified atom stereocenters. The molecular weight excluding hydrogens is 536 g/mol. The van der Waals surface area contributed by atoms with Gasteiger partial charge < -0.3 is 0 Å². The molecule has 2 aromatic heterocycles. The van der Waals surface area contributed by atoms with Crippen LogP contribution in [0.15, 0.2) is 133 Å². The molecule has 44 heavy (non-hydrogen) atoms. The average molecular weight is 565 g/mol. The van der Waals surface area contributed by atoms with Crippen molar-refractivity contribution >= 4 is 32.6 Å². The second-order valence-electron chi connectivity index (χ2n) is 12.1. The van der Waals surface area contributed by atoms with Crippen LogP contribution in [-0.4, -0.2) is 19.5 Å².